The Balaban J connectivity index is 2.19. The number of rotatable bonds is 5. The highest BCUT2D eigenvalue weighted by molar-refractivity contribution is 7.89. The molecule has 0 atom stereocenters. The molecule has 21 heavy (non-hydrogen) atoms. The van der Waals surface area contributed by atoms with E-state index in [1.807, 2.05) is 0 Å². The van der Waals surface area contributed by atoms with Gasteiger partial charge in [-0.1, -0.05) is 5.16 Å². The lowest BCUT2D eigenvalue weighted by molar-refractivity contribution is -0.387. The number of hydrogen-bond acceptors (Lipinski definition) is 7. The second-order valence-electron chi connectivity index (χ2n) is 3.93. The number of sulfonamides is 1. The first kappa shape index (κ1) is 15.0. The number of nitrogens with zero attached hydrogens (tertiary/aromatic N) is 3. The molecule has 1 aromatic carbocycles. The molecule has 1 N–H and O–H groups in total. The highest BCUT2D eigenvalue weighted by Gasteiger charge is 2.21. The van der Waals surface area contributed by atoms with Crippen molar-refractivity contribution in [2.24, 2.45) is 0 Å². The quantitative estimate of drug-likeness (QED) is 0.641. The van der Waals surface area contributed by atoms with E-state index < -0.39 is 31.3 Å². The maximum absolute atomic E-state index is 13.4. The van der Waals surface area contributed by atoms with Gasteiger partial charge in [0.25, 0.3) is 0 Å². The summed E-state index contributed by atoms with van der Waals surface area (Å²) in [5.41, 5.74) is -0.804. The van der Waals surface area contributed by atoms with E-state index in [-0.39, 0.29) is 12.4 Å². The summed E-state index contributed by atoms with van der Waals surface area (Å²) in [6, 6.07) is 2.28. The van der Waals surface area contributed by atoms with Crippen molar-refractivity contribution in [2.75, 3.05) is 0 Å². The Kier molecular flexibility index (Phi) is 3.95. The Morgan fingerprint density at radius 3 is 2.71 bits per heavy atom. The fourth-order valence-electron chi connectivity index (χ4n) is 1.45. The monoisotopic (exact) mass is 316 g/mol. The topological polar surface area (TPSA) is 128 Å². The lowest BCUT2D eigenvalue weighted by atomic mass is 10.3. The van der Waals surface area contributed by atoms with Gasteiger partial charge in [0.2, 0.25) is 21.7 Å². The van der Waals surface area contributed by atoms with Crippen LogP contribution in [-0.2, 0) is 16.6 Å². The zero-order valence-corrected chi connectivity index (χ0v) is 11.4. The molecule has 0 unspecified atom stereocenters. The molecule has 0 radical (unpaired) electrons. The molecule has 2 aromatic rings. The normalized spacial score (nSPS) is 11.5. The smallest absolute Gasteiger partial charge is 0.304 e. The van der Waals surface area contributed by atoms with E-state index in [1.165, 1.54) is 0 Å². The van der Waals surface area contributed by atoms with Gasteiger partial charge in [-0.15, -0.1) is 0 Å². The minimum Gasteiger partial charge on any atom is -0.338 e. The number of aryl methyl sites for hydroxylation is 1. The van der Waals surface area contributed by atoms with Gasteiger partial charge >= 0.3 is 5.69 Å². The van der Waals surface area contributed by atoms with Crippen LogP contribution in [0.2, 0.25) is 0 Å². The maximum Gasteiger partial charge on any atom is 0.304 e. The number of nitro groups is 1. The molecule has 9 nitrogen and oxygen atoms in total. The van der Waals surface area contributed by atoms with Gasteiger partial charge < -0.3 is 4.52 Å². The lowest BCUT2D eigenvalue weighted by Gasteiger charge is -2.04. The van der Waals surface area contributed by atoms with Gasteiger partial charge in [0.05, 0.1) is 16.4 Å². The predicted octanol–water partition coefficient (Wildman–Crippen LogP) is 0.904. The number of hydrogen-bond donors (Lipinski definition) is 1. The van der Waals surface area contributed by atoms with E-state index in [0.717, 1.165) is 12.1 Å². The Labute approximate surface area is 118 Å². The van der Waals surface area contributed by atoms with Gasteiger partial charge in [0.15, 0.2) is 5.82 Å². The van der Waals surface area contributed by atoms with Crippen LogP contribution in [0.1, 0.15) is 11.7 Å². The van der Waals surface area contributed by atoms with Gasteiger partial charge in [0.1, 0.15) is 0 Å². The summed E-state index contributed by atoms with van der Waals surface area (Å²) in [5.74, 6) is -0.861. The highest BCUT2D eigenvalue weighted by Crippen LogP contribution is 2.20. The highest BCUT2D eigenvalue weighted by atomic mass is 32.2. The number of halogens is 1. The fourth-order valence-corrected chi connectivity index (χ4v) is 2.44. The first-order valence-corrected chi connectivity index (χ1v) is 7.01. The Bertz CT molecular complexity index is 788. The molecule has 0 amide bonds. The van der Waals surface area contributed by atoms with E-state index in [2.05, 4.69) is 14.9 Å². The van der Waals surface area contributed by atoms with Crippen molar-refractivity contribution >= 4 is 15.7 Å². The van der Waals surface area contributed by atoms with Crippen molar-refractivity contribution in [3.05, 3.63) is 45.8 Å². The minimum atomic E-state index is -4.05. The molecule has 11 heteroatoms. The summed E-state index contributed by atoms with van der Waals surface area (Å²) >= 11 is 0. The second kappa shape index (κ2) is 5.54. The molecule has 0 saturated heterocycles. The van der Waals surface area contributed by atoms with Gasteiger partial charge in [-0.05, 0) is 13.0 Å². The standard InChI is InChI=1S/C10H9FN4O5S/c1-6-13-10(20-14-6)5-12-21(18,19)7-2-3-9(15(16)17)8(11)4-7/h2-4,12H,5H2,1H3. The van der Waals surface area contributed by atoms with Crippen LogP contribution in [0.4, 0.5) is 10.1 Å². The number of nitrogens with one attached hydrogen (secondary N) is 1. The third-order valence-electron chi connectivity index (χ3n) is 2.41. The molecular formula is C10H9FN4O5S. The molecule has 0 aliphatic carbocycles. The first-order chi connectivity index (χ1) is 9.79. The van der Waals surface area contributed by atoms with E-state index in [4.69, 9.17) is 4.52 Å². The fraction of sp³-hybridized carbons (Fsp3) is 0.200. The summed E-state index contributed by atoms with van der Waals surface area (Å²) in [4.78, 5) is 12.9. The van der Waals surface area contributed by atoms with E-state index in [0.29, 0.717) is 11.9 Å². The molecule has 0 bridgehead atoms. The molecule has 1 heterocycles. The zero-order chi connectivity index (χ0) is 15.6. The van der Waals surface area contributed by atoms with Crippen molar-refractivity contribution in [3.8, 4) is 0 Å². The van der Waals surface area contributed by atoms with Crippen LogP contribution in [-0.4, -0.2) is 23.5 Å². The number of aromatic nitrogens is 2. The van der Waals surface area contributed by atoms with Crippen LogP contribution in [0.15, 0.2) is 27.6 Å². The molecule has 1 aromatic heterocycles. The largest absolute Gasteiger partial charge is 0.338 e. The summed E-state index contributed by atoms with van der Waals surface area (Å²) < 4.78 is 44.1. The van der Waals surface area contributed by atoms with Crippen molar-refractivity contribution in [1.29, 1.82) is 0 Å². The molecular weight excluding hydrogens is 307 g/mol. The summed E-state index contributed by atoms with van der Waals surface area (Å²) in [5, 5.41) is 13.9. The van der Waals surface area contributed by atoms with Crippen molar-refractivity contribution in [3.63, 3.8) is 0 Å². The van der Waals surface area contributed by atoms with Crippen LogP contribution in [0.5, 0.6) is 0 Å². The molecule has 112 valence electrons. The number of benzene rings is 1. The summed E-state index contributed by atoms with van der Waals surface area (Å²) in [6.45, 7) is 1.29. The van der Waals surface area contributed by atoms with Crippen LogP contribution >= 0.6 is 0 Å². The van der Waals surface area contributed by atoms with Gasteiger partial charge in [-0.25, -0.2) is 13.1 Å². The Morgan fingerprint density at radius 2 is 2.19 bits per heavy atom. The van der Waals surface area contributed by atoms with Crippen LogP contribution in [0, 0.1) is 22.9 Å². The Hall–Kier alpha value is -2.40. The summed E-state index contributed by atoms with van der Waals surface area (Å²) in [7, 11) is -4.05. The maximum atomic E-state index is 13.4. The average molecular weight is 316 g/mol. The second-order valence-corrected chi connectivity index (χ2v) is 5.70. The zero-order valence-electron chi connectivity index (χ0n) is 10.6. The van der Waals surface area contributed by atoms with E-state index in [9.17, 15) is 22.9 Å². The van der Waals surface area contributed by atoms with Gasteiger partial charge in [-0.2, -0.15) is 9.37 Å². The van der Waals surface area contributed by atoms with E-state index >= 15 is 0 Å². The third-order valence-corrected chi connectivity index (χ3v) is 3.81. The van der Waals surface area contributed by atoms with Gasteiger partial charge in [0, 0.05) is 12.1 Å². The molecule has 0 aliphatic heterocycles. The SMILES string of the molecule is Cc1noc(CNS(=O)(=O)c2ccc([N+](=O)[O-])c(F)c2)n1. The third kappa shape index (κ3) is 3.38. The Morgan fingerprint density at radius 1 is 1.48 bits per heavy atom. The average Bonchev–Trinajstić information content (AvgIpc) is 2.82. The number of nitro benzene ring substituents is 1. The first-order valence-electron chi connectivity index (χ1n) is 5.52. The molecule has 0 fully saturated rings. The van der Waals surface area contributed by atoms with Crippen LogP contribution in [0.3, 0.4) is 0 Å². The van der Waals surface area contributed by atoms with Crippen LogP contribution in [0.25, 0.3) is 0 Å². The van der Waals surface area contributed by atoms with E-state index in [1.54, 1.807) is 6.92 Å². The molecule has 0 saturated carbocycles. The predicted molar refractivity (Wildman–Crippen MR) is 66.1 cm³/mol. The summed E-state index contributed by atoms with van der Waals surface area (Å²) in [6.07, 6.45) is 0. The lowest BCUT2D eigenvalue weighted by Crippen LogP contribution is -2.23. The van der Waals surface area contributed by atoms with Crippen molar-refractivity contribution < 1.29 is 22.3 Å². The molecule has 2 rings (SSSR count). The minimum absolute atomic E-state index is 0.0402. The van der Waals surface area contributed by atoms with Gasteiger partial charge in [-0.3, -0.25) is 10.1 Å². The van der Waals surface area contributed by atoms with Crippen LogP contribution < -0.4 is 4.72 Å². The van der Waals surface area contributed by atoms with Crippen molar-refractivity contribution in [2.45, 2.75) is 18.4 Å². The van der Waals surface area contributed by atoms with Crippen molar-refractivity contribution in [1.82, 2.24) is 14.9 Å². The molecule has 0 spiro atoms. The molecule has 0 aliphatic rings.